The van der Waals surface area contributed by atoms with E-state index in [2.05, 4.69) is 34.0 Å². The van der Waals surface area contributed by atoms with E-state index in [-0.39, 0.29) is 10.8 Å². The normalized spacial score (nSPS) is 14.5. The highest BCUT2D eigenvalue weighted by molar-refractivity contribution is 7.84. The van der Waals surface area contributed by atoms with Gasteiger partial charge in [-0.1, -0.05) is 31.5 Å². The lowest BCUT2D eigenvalue weighted by atomic mass is 10.1. The molecule has 0 radical (unpaired) electrons. The number of fused-ring (bicyclic) bond motifs is 1. The summed E-state index contributed by atoms with van der Waals surface area (Å²) in [6, 6.07) is 12.1. The highest BCUT2D eigenvalue weighted by Crippen LogP contribution is 2.25. The van der Waals surface area contributed by atoms with Crippen LogP contribution >= 0.6 is 0 Å². The van der Waals surface area contributed by atoms with Crippen LogP contribution in [0.4, 0.5) is 0 Å². The number of benzene rings is 1. The van der Waals surface area contributed by atoms with Crippen molar-refractivity contribution >= 4 is 21.9 Å². The van der Waals surface area contributed by atoms with Crippen molar-refractivity contribution in [3.63, 3.8) is 0 Å². The molecule has 138 valence electrons. The Labute approximate surface area is 157 Å². The number of hydrogen-bond acceptors (Lipinski definition) is 3. The van der Waals surface area contributed by atoms with E-state index in [9.17, 15) is 4.21 Å². The van der Waals surface area contributed by atoms with Crippen LogP contribution in [-0.4, -0.2) is 24.1 Å². The lowest BCUT2D eigenvalue weighted by Crippen LogP contribution is -2.36. The molecule has 0 bridgehead atoms. The van der Waals surface area contributed by atoms with Crippen molar-refractivity contribution in [1.82, 2.24) is 19.9 Å². The third kappa shape index (κ3) is 4.19. The largest absolute Gasteiger partial charge is 0.278 e. The topological polar surface area (TPSA) is 70.7 Å². The quantitative estimate of drug-likeness (QED) is 0.670. The van der Waals surface area contributed by atoms with Crippen molar-refractivity contribution < 1.29 is 4.21 Å². The maximum atomic E-state index is 12.6. The fourth-order valence-electron chi connectivity index (χ4n) is 2.76. The summed E-state index contributed by atoms with van der Waals surface area (Å²) in [4.78, 5) is 4.86. The first-order chi connectivity index (χ1) is 12.4. The predicted octanol–water partition coefficient (Wildman–Crippen LogP) is 4.52. The standard InChI is InChI=1S/C20H26N4OS/c1-5-7-18(24-26(25)20(2,3)4)17-9-6-8-16(22-17)14-10-11-15-13-21-23-19(15)12-14/h6,8-13,18,24H,5,7H2,1-4H3,(H,21,23)/t18-,26?/m0/s1. The molecule has 0 saturated heterocycles. The van der Waals surface area contributed by atoms with Gasteiger partial charge in [-0.2, -0.15) is 5.10 Å². The van der Waals surface area contributed by atoms with Crippen LogP contribution in [0.2, 0.25) is 0 Å². The van der Waals surface area contributed by atoms with Crippen LogP contribution in [0.3, 0.4) is 0 Å². The average Bonchev–Trinajstić information content (AvgIpc) is 3.08. The number of nitrogens with zero attached hydrogens (tertiary/aromatic N) is 2. The number of aromatic amines is 1. The second-order valence-corrected chi connectivity index (χ2v) is 9.46. The molecular weight excluding hydrogens is 344 g/mol. The van der Waals surface area contributed by atoms with Crippen molar-refractivity contribution in [2.24, 2.45) is 0 Å². The molecule has 0 saturated carbocycles. The zero-order valence-corrected chi connectivity index (χ0v) is 16.6. The van der Waals surface area contributed by atoms with Crippen LogP contribution in [0.1, 0.15) is 52.3 Å². The average molecular weight is 371 g/mol. The van der Waals surface area contributed by atoms with Crippen LogP contribution in [0, 0.1) is 0 Å². The van der Waals surface area contributed by atoms with E-state index < -0.39 is 11.0 Å². The molecule has 0 aliphatic rings. The Hall–Kier alpha value is -2.05. The minimum absolute atomic E-state index is 0.0316. The summed E-state index contributed by atoms with van der Waals surface area (Å²) >= 11 is 0. The van der Waals surface area contributed by atoms with Gasteiger partial charge in [0.1, 0.15) is 0 Å². The lowest BCUT2D eigenvalue weighted by Gasteiger charge is -2.24. The highest BCUT2D eigenvalue weighted by atomic mass is 32.2. The number of pyridine rings is 1. The first kappa shape index (κ1) is 18.7. The Kier molecular flexibility index (Phi) is 5.53. The summed E-state index contributed by atoms with van der Waals surface area (Å²) in [5.74, 6) is 0. The number of nitrogens with one attached hydrogen (secondary N) is 2. The minimum Gasteiger partial charge on any atom is -0.278 e. The molecule has 26 heavy (non-hydrogen) atoms. The molecule has 2 atom stereocenters. The Morgan fingerprint density at radius 3 is 2.77 bits per heavy atom. The molecule has 2 heterocycles. The van der Waals surface area contributed by atoms with Crippen LogP contribution in [0.15, 0.2) is 42.6 Å². The van der Waals surface area contributed by atoms with E-state index in [1.807, 2.05) is 51.2 Å². The van der Waals surface area contributed by atoms with E-state index in [4.69, 9.17) is 4.98 Å². The summed E-state index contributed by atoms with van der Waals surface area (Å²) in [5.41, 5.74) is 3.86. The molecule has 3 aromatic rings. The van der Waals surface area contributed by atoms with E-state index in [1.165, 1.54) is 0 Å². The van der Waals surface area contributed by atoms with Gasteiger partial charge in [-0.3, -0.25) is 10.1 Å². The number of aromatic nitrogens is 3. The van der Waals surface area contributed by atoms with Gasteiger partial charge in [0.15, 0.2) is 0 Å². The molecule has 5 nitrogen and oxygen atoms in total. The maximum Gasteiger partial charge on any atom is 0.0976 e. The van der Waals surface area contributed by atoms with E-state index in [0.717, 1.165) is 40.7 Å². The molecule has 3 rings (SSSR count). The Bertz CT molecular complexity index is 913. The summed E-state index contributed by atoms with van der Waals surface area (Å²) < 4.78 is 15.5. The van der Waals surface area contributed by atoms with Crippen molar-refractivity contribution in [3.8, 4) is 11.3 Å². The monoisotopic (exact) mass is 370 g/mol. The molecule has 0 spiro atoms. The lowest BCUT2D eigenvalue weighted by molar-refractivity contribution is 0.555. The third-order valence-electron chi connectivity index (χ3n) is 4.25. The fraction of sp³-hybridized carbons (Fsp3) is 0.400. The van der Waals surface area contributed by atoms with Gasteiger partial charge < -0.3 is 0 Å². The zero-order valence-electron chi connectivity index (χ0n) is 15.7. The van der Waals surface area contributed by atoms with Gasteiger partial charge in [-0.15, -0.1) is 0 Å². The third-order valence-corrected chi connectivity index (χ3v) is 5.86. The van der Waals surface area contributed by atoms with Crippen LogP contribution in [0.25, 0.3) is 22.2 Å². The number of hydrogen-bond donors (Lipinski definition) is 2. The summed E-state index contributed by atoms with van der Waals surface area (Å²) in [7, 11) is -1.14. The first-order valence-electron chi connectivity index (χ1n) is 8.97. The van der Waals surface area contributed by atoms with Crippen LogP contribution in [0.5, 0.6) is 0 Å². The van der Waals surface area contributed by atoms with Gasteiger partial charge in [-0.05, 0) is 45.4 Å². The van der Waals surface area contributed by atoms with Gasteiger partial charge in [0.25, 0.3) is 0 Å². The van der Waals surface area contributed by atoms with E-state index >= 15 is 0 Å². The molecule has 2 N–H and O–H groups in total. The van der Waals surface area contributed by atoms with Crippen molar-refractivity contribution in [2.45, 2.75) is 51.3 Å². The Balaban J connectivity index is 1.91. The van der Waals surface area contributed by atoms with Crippen LogP contribution in [-0.2, 0) is 11.0 Å². The van der Waals surface area contributed by atoms with Crippen molar-refractivity contribution in [1.29, 1.82) is 0 Å². The number of H-pyrrole nitrogens is 1. The Morgan fingerprint density at radius 2 is 2.04 bits per heavy atom. The zero-order chi connectivity index (χ0) is 18.7. The summed E-state index contributed by atoms with van der Waals surface area (Å²) in [6.45, 7) is 8.05. The SMILES string of the molecule is CCC[C@H](NS(=O)C(C)(C)C)c1cccc(-c2ccc3cn[nH]c3c2)n1. The number of rotatable bonds is 6. The highest BCUT2D eigenvalue weighted by Gasteiger charge is 2.24. The molecule has 1 aromatic carbocycles. The van der Waals surface area contributed by atoms with Crippen LogP contribution < -0.4 is 4.72 Å². The minimum atomic E-state index is -1.14. The predicted molar refractivity (Wildman–Crippen MR) is 108 cm³/mol. The van der Waals surface area contributed by atoms with Gasteiger partial charge >= 0.3 is 0 Å². The maximum absolute atomic E-state index is 12.6. The van der Waals surface area contributed by atoms with Gasteiger partial charge in [0.05, 0.1) is 44.9 Å². The molecule has 0 aliphatic heterocycles. The van der Waals surface area contributed by atoms with Crippen molar-refractivity contribution in [2.75, 3.05) is 0 Å². The van der Waals surface area contributed by atoms with Gasteiger partial charge in [0, 0.05) is 10.9 Å². The molecule has 0 fully saturated rings. The summed E-state index contributed by atoms with van der Waals surface area (Å²) in [5, 5.41) is 8.15. The second kappa shape index (κ2) is 7.68. The molecular formula is C20H26N4OS. The first-order valence-corrected chi connectivity index (χ1v) is 10.1. The molecule has 1 unspecified atom stereocenters. The van der Waals surface area contributed by atoms with E-state index in [0.29, 0.717) is 0 Å². The van der Waals surface area contributed by atoms with Gasteiger partial charge in [0.2, 0.25) is 0 Å². The van der Waals surface area contributed by atoms with E-state index in [1.54, 1.807) is 0 Å². The summed E-state index contributed by atoms with van der Waals surface area (Å²) in [6.07, 6.45) is 3.69. The molecule has 6 heteroatoms. The molecule has 0 amide bonds. The fourth-order valence-corrected chi connectivity index (χ4v) is 3.62. The Morgan fingerprint density at radius 1 is 1.23 bits per heavy atom. The second-order valence-electron chi connectivity index (χ2n) is 7.46. The van der Waals surface area contributed by atoms with Crippen molar-refractivity contribution in [3.05, 3.63) is 48.3 Å². The smallest absolute Gasteiger partial charge is 0.0976 e. The molecule has 0 aliphatic carbocycles. The van der Waals surface area contributed by atoms with Gasteiger partial charge in [-0.25, -0.2) is 8.93 Å². The molecule has 2 aromatic heterocycles.